The number of esters is 1. The van der Waals surface area contributed by atoms with E-state index >= 15 is 0 Å². The summed E-state index contributed by atoms with van der Waals surface area (Å²) in [5.74, 6) is -2.01. The molecular formula is C14H15F2N3O2. The van der Waals surface area contributed by atoms with Crippen LogP contribution in [-0.2, 0) is 22.7 Å². The molecule has 2 aromatic rings. The van der Waals surface area contributed by atoms with Gasteiger partial charge in [-0.15, -0.1) is 0 Å². The molecule has 0 spiro atoms. The van der Waals surface area contributed by atoms with Gasteiger partial charge in [-0.05, 0) is 26.0 Å². The number of halogens is 2. The molecule has 2 rings (SSSR count). The fraction of sp³-hybridized carbons (Fsp3) is 0.286. The number of nitrogens with two attached hydrogens (primary N) is 1. The van der Waals surface area contributed by atoms with Crippen LogP contribution in [-0.4, -0.2) is 15.7 Å². The van der Waals surface area contributed by atoms with E-state index in [1.54, 1.807) is 13.8 Å². The largest absolute Gasteiger partial charge is 0.459 e. The van der Waals surface area contributed by atoms with Crippen molar-refractivity contribution in [3.8, 4) is 0 Å². The third-order valence-corrected chi connectivity index (χ3v) is 3.12. The molecule has 0 fully saturated rings. The molecule has 1 heterocycles. The lowest BCUT2D eigenvalue weighted by molar-refractivity contribution is -0.146. The fourth-order valence-corrected chi connectivity index (χ4v) is 1.83. The highest BCUT2D eigenvalue weighted by atomic mass is 19.1. The van der Waals surface area contributed by atoms with Crippen molar-refractivity contribution in [3.05, 3.63) is 46.8 Å². The van der Waals surface area contributed by atoms with Crippen LogP contribution in [0.3, 0.4) is 0 Å². The van der Waals surface area contributed by atoms with E-state index in [2.05, 4.69) is 5.10 Å². The molecule has 1 aromatic heterocycles. The zero-order valence-electron chi connectivity index (χ0n) is 11.7. The van der Waals surface area contributed by atoms with Gasteiger partial charge < -0.3 is 10.5 Å². The number of aryl methyl sites for hydroxylation is 1. The zero-order valence-corrected chi connectivity index (χ0v) is 11.7. The quantitative estimate of drug-likeness (QED) is 0.877. The first-order valence-electron chi connectivity index (χ1n) is 6.27. The SMILES string of the molecule is Cc1nn(CC(=O)OCc2ccc(F)cc2F)c(C)c1N. The van der Waals surface area contributed by atoms with Crippen LogP contribution in [0.4, 0.5) is 14.5 Å². The summed E-state index contributed by atoms with van der Waals surface area (Å²) in [6, 6.07) is 3.08. The van der Waals surface area contributed by atoms with Gasteiger partial charge in [0.25, 0.3) is 0 Å². The molecule has 0 unspecified atom stereocenters. The second-order valence-corrected chi connectivity index (χ2v) is 4.64. The molecule has 7 heteroatoms. The van der Waals surface area contributed by atoms with Gasteiger partial charge in [-0.3, -0.25) is 9.48 Å². The molecule has 0 saturated heterocycles. The Labute approximate surface area is 120 Å². The lowest BCUT2D eigenvalue weighted by Gasteiger charge is -2.07. The van der Waals surface area contributed by atoms with Gasteiger partial charge in [0.05, 0.1) is 17.1 Å². The fourth-order valence-electron chi connectivity index (χ4n) is 1.83. The predicted molar refractivity (Wildman–Crippen MR) is 72.3 cm³/mol. The molecule has 0 aliphatic rings. The number of nitrogens with zero attached hydrogens (tertiary/aromatic N) is 2. The van der Waals surface area contributed by atoms with Crippen LogP contribution in [0, 0.1) is 25.5 Å². The Morgan fingerprint density at radius 2 is 2.10 bits per heavy atom. The average molecular weight is 295 g/mol. The molecule has 0 bridgehead atoms. The molecule has 5 nitrogen and oxygen atoms in total. The summed E-state index contributed by atoms with van der Waals surface area (Å²) in [6.45, 7) is 3.09. The highest BCUT2D eigenvalue weighted by molar-refractivity contribution is 5.69. The van der Waals surface area contributed by atoms with Crippen molar-refractivity contribution in [2.75, 3.05) is 5.73 Å². The summed E-state index contributed by atoms with van der Waals surface area (Å²) in [5.41, 5.74) is 7.68. The smallest absolute Gasteiger partial charge is 0.328 e. The molecular weight excluding hydrogens is 280 g/mol. The van der Waals surface area contributed by atoms with Gasteiger partial charge in [0.15, 0.2) is 0 Å². The summed E-state index contributed by atoms with van der Waals surface area (Å²) in [4.78, 5) is 11.7. The average Bonchev–Trinajstić information content (AvgIpc) is 2.65. The minimum atomic E-state index is -0.752. The van der Waals surface area contributed by atoms with Crippen LogP contribution >= 0.6 is 0 Å². The minimum absolute atomic E-state index is 0.109. The van der Waals surface area contributed by atoms with Crippen LogP contribution in [0.15, 0.2) is 18.2 Å². The second kappa shape index (κ2) is 5.90. The van der Waals surface area contributed by atoms with Gasteiger partial charge in [-0.2, -0.15) is 5.10 Å². The topological polar surface area (TPSA) is 70.1 Å². The number of carbonyl (C=O) groups excluding carboxylic acids is 1. The second-order valence-electron chi connectivity index (χ2n) is 4.64. The number of ether oxygens (including phenoxy) is 1. The van der Waals surface area contributed by atoms with Crippen LogP contribution in [0.25, 0.3) is 0 Å². The van der Waals surface area contributed by atoms with Crippen molar-refractivity contribution in [2.45, 2.75) is 27.0 Å². The summed E-state index contributed by atoms with van der Waals surface area (Å²) in [7, 11) is 0. The molecule has 2 N–H and O–H groups in total. The number of aromatic nitrogens is 2. The number of rotatable bonds is 4. The number of benzene rings is 1. The normalized spacial score (nSPS) is 10.7. The molecule has 0 aliphatic heterocycles. The monoisotopic (exact) mass is 295 g/mol. The predicted octanol–water partition coefficient (Wildman–Crippen LogP) is 2.10. The van der Waals surface area contributed by atoms with E-state index in [-0.39, 0.29) is 18.7 Å². The van der Waals surface area contributed by atoms with Gasteiger partial charge in [-0.1, -0.05) is 0 Å². The van der Waals surface area contributed by atoms with Crippen LogP contribution in [0.1, 0.15) is 17.0 Å². The maximum absolute atomic E-state index is 13.4. The number of hydrogen-bond acceptors (Lipinski definition) is 4. The van der Waals surface area contributed by atoms with Crippen molar-refractivity contribution in [2.24, 2.45) is 0 Å². The Morgan fingerprint density at radius 3 is 2.67 bits per heavy atom. The molecule has 0 amide bonds. The number of nitrogen functional groups attached to an aromatic ring is 1. The van der Waals surface area contributed by atoms with Gasteiger partial charge >= 0.3 is 5.97 Å². The Bertz CT molecular complexity index is 683. The highest BCUT2D eigenvalue weighted by Gasteiger charge is 2.13. The number of anilines is 1. The van der Waals surface area contributed by atoms with Crippen molar-refractivity contribution < 1.29 is 18.3 Å². The zero-order chi connectivity index (χ0) is 15.6. The molecule has 0 saturated carbocycles. The Balaban J connectivity index is 1.97. The summed E-state index contributed by atoms with van der Waals surface area (Å²) >= 11 is 0. The molecule has 21 heavy (non-hydrogen) atoms. The summed E-state index contributed by atoms with van der Waals surface area (Å²) in [6.07, 6.45) is 0. The Morgan fingerprint density at radius 1 is 1.38 bits per heavy atom. The Hall–Kier alpha value is -2.44. The van der Waals surface area contributed by atoms with E-state index in [1.807, 2.05) is 0 Å². The van der Waals surface area contributed by atoms with E-state index < -0.39 is 17.6 Å². The van der Waals surface area contributed by atoms with E-state index in [0.717, 1.165) is 12.1 Å². The van der Waals surface area contributed by atoms with E-state index in [1.165, 1.54) is 10.7 Å². The van der Waals surface area contributed by atoms with Gasteiger partial charge in [0.1, 0.15) is 24.8 Å². The standard InChI is InChI=1S/C14H15F2N3O2/c1-8-14(17)9(2)19(18-8)6-13(20)21-7-10-3-4-11(15)5-12(10)16/h3-5H,6-7,17H2,1-2H3. The molecule has 0 atom stereocenters. The van der Waals surface area contributed by atoms with E-state index in [0.29, 0.717) is 17.1 Å². The maximum atomic E-state index is 13.4. The first kappa shape index (κ1) is 15.0. The van der Waals surface area contributed by atoms with Crippen molar-refractivity contribution in [1.29, 1.82) is 0 Å². The first-order valence-corrected chi connectivity index (χ1v) is 6.27. The van der Waals surface area contributed by atoms with E-state index in [4.69, 9.17) is 10.5 Å². The lowest BCUT2D eigenvalue weighted by Crippen LogP contribution is -2.16. The van der Waals surface area contributed by atoms with Gasteiger partial charge in [0.2, 0.25) is 0 Å². The maximum Gasteiger partial charge on any atom is 0.328 e. The molecule has 112 valence electrons. The van der Waals surface area contributed by atoms with Gasteiger partial charge in [0, 0.05) is 11.6 Å². The van der Waals surface area contributed by atoms with Crippen LogP contribution in [0.2, 0.25) is 0 Å². The first-order chi connectivity index (χ1) is 9.88. The third-order valence-electron chi connectivity index (χ3n) is 3.12. The highest BCUT2D eigenvalue weighted by Crippen LogP contribution is 2.15. The van der Waals surface area contributed by atoms with Crippen LogP contribution in [0.5, 0.6) is 0 Å². The Kier molecular flexibility index (Phi) is 4.21. The van der Waals surface area contributed by atoms with E-state index in [9.17, 15) is 13.6 Å². The number of hydrogen-bond donors (Lipinski definition) is 1. The number of carbonyl (C=O) groups is 1. The minimum Gasteiger partial charge on any atom is -0.459 e. The summed E-state index contributed by atoms with van der Waals surface area (Å²) < 4.78 is 32.5. The van der Waals surface area contributed by atoms with Gasteiger partial charge in [-0.25, -0.2) is 8.78 Å². The van der Waals surface area contributed by atoms with Crippen molar-refractivity contribution in [3.63, 3.8) is 0 Å². The third kappa shape index (κ3) is 3.36. The lowest BCUT2D eigenvalue weighted by atomic mass is 10.2. The summed E-state index contributed by atoms with van der Waals surface area (Å²) in [5, 5.41) is 4.10. The molecule has 1 aromatic carbocycles. The van der Waals surface area contributed by atoms with Crippen molar-refractivity contribution in [1.82, 2.24) is 9.78 Å². The van der Waals surface area contributed by atoms with Crippen molar-refractivity contribution >= 4 is 11.7 Å². The molecule has 0 aliphatic carbocycles. The molecule has 0 radical (unpaired) electrons. The van der Waals surface area contributed by atoms with Crippen LogP contribution < -0.4 is 5.73 Å².